The Kier molecular flexibility index (Phi) is 5.11. The van der Waals surface area contributed by atoms with Crippen molar-refractivity contribution in [3.05, 3.63) is 33.8 Å². The number of likely N-dealkylation sites (tertiary alicyclic amines) is 1. The van der Waals surface area contributed by atoms with E-state index in [1.165, 1.54) is 44.2 Å². The van der Waals surface area contributed by atoms with E-state index in [4.69, 9.17) is 23.2 Å². The summed E-state index contributed by atoms with van der Waals surface area (Å²) in [6.45, 7) is 2.23. The Morgan fingerprint density at radius 2 is 2.00 bits per heavy atom. The third kappa shape index (κ3) is 3.39. The van der Waals surface area contributed by atoms with Gasteiger partial charge in [0, 0.05) is 12.1 Å². The molecule has 21 heavy (non-hydrogen) atoms. The Morgan fingerprint density at radius 1 is 1.19 bits per heavy atom. The number of halogens is 2. The first-order valence-corrected chi connectivity index (χ1v) is 8.82. The summed E-state index contributed by atoms with van der Waals surface area (Å²) in [7, 11) is 2.04. The van der Waals surface area contributed by atoms with Crippen molar-refractivity contribution in [2.45, 2.75) is 44.2 Å². The SMILES string of the molecule is CNCC1CCCCN(C2CC2)C1c1cccc(Cl)c1Cl. The minimum atomic E-state index is 0.402. The quantitative estimate of drug-likeness (QED) is 0.875. The van der Waals surface area contributed by atoms with E-state index in [0.29, 0.717) is 17.0 Å². The van der Waals surface area contributed by atoms with Crippen LogP contribution < -0.4 is 5.32 Å². The lowest BCUT2D eigenvalue weighted by Crippen LogP contribution is -2.38. The molecule has 0 aromatic heterocycles. The Labute approximate surface area is 137 Å². The monoisotopic (exact) mass is 326 g/mol. The van der Waals surface area contributed by atoms with E-state index in [1.54, 1.807) is 0 Å². The second-order valence-corrected chi connectivity index (χ2v) is 7.16. The summed E-state index contributed by atoms with van der Waals surface area (Å²) < 4.78 is 0. The largest absolute Gasteiger partial charge is 0.319 e. The summed E-state index contributed by atoms with van der Waals surface area (Å²) in [5, 5.41) is 4.80. The maximum Gasteiger partial charge on any atom is 0.0640 e. The van der Waals surface area contributed by atoms with Crippen LogP contribution in [0, 0.1) is 5.92 Å². The zero-order valence-electron chi connectivity index (χ0n) is 12.6. The number of benzene rings is 1. The van der Waals surface area contributed by atoms with Crippen LogP contribution in [0.15, 0.2) is 18.2 Å². The molecule has 0 bridgehead atoms. The highest BCUT2D eigenvalue weighted by molar-refractivity contribution is 6.42. The molecule has 0 spiro atoms. The lowest BCUT2D eigenvalue weighted by Gasteiger charge is -2.36. The summed E-state index contributed by atoms with van der Waals surface area (Å²) in [5.41, 5.74) is 1.22. The fourth-order valence-electron chi connectivity index (χ4n) is 3.74. The molecule has 2 atom stereocenters. The molecule has 3 rings (SSSR count). The number of rotatable bonds is 4. The van der Waals surface area contributed by atoms with Crippen LogP contribution in [0.5, 0.6) is 0 Å². The third-order valence-corrected chi connectivity index (χ3v) is 5.66. The highest BCUT2D eigenvalue weighted by Crippen LogP contribution is 2.44. The Bertz CT molecular complexity index is 488. The lowest BCUT2D eigenvalue weighted by atomic mass is 9.89. The molecule has 2 aliphatic rings. The molecule has 2 unspecified atom stereocenters. The van der Waals surface area contributed by atoms with E-state index in [9.17, 15) is 0 Å². The van der Waals surface area contributed by atoms with Gasteiger partial charge in [0.1, 0.15) is 0 Å². The summed E-state index contributed by atoms with van der Waals surface area (Å²) in [4.78, 5) is 2.70. The van der Waals surface area contributed by atoms with Gasteiger partial charge in [0.25, 0.3) is 0 Å². The van der Waals surface area contributed by atoms with E-state index >= 15 is 0 Å². The molecule has 4 heteroatoms. The number of nitrogens with one attached hydrogen (secondary N) is 1. The fourth-order valence-corrected chi connectivity index (χ4v) is 4.16. The molecular formula is C17H24Cl2N2. The van der Waals surface area contributed by atoms with Crippen molar-refractivity contribution < 1.29 is 0 Å². The molecule has 0 amide bonds. The van der Waals surface area contributed by atoms with Crippen LogP contribution in [0.1, 0.15) is 43.7 Å². The second-order valence-electron chi connectivity index (χ2n) is 6.37. The van der Waals surface area contributed by atoms with E-state index in [0.717, 1.165) is 17.6 Å². The van der Waals surface area contributed by atoms with Crippen molar-refractivity contribution >= 4 is 23.2 Å². The van der Waals surface area contributed by atoms with Crippen LogP contribution in [-0.4, -0.2) is 31.1 Å². The molecule has 2 fully saturated rings. The van der Waals surface area contributed by atoms with Crippen molar-refractivity contribution in [2.24, 2.45) is 5.92 Å². The highest BCUT2D eigenvalue weighted by atomic mass is 35.5. The van der Waals surface area contributed by atoms with Gasteiger partial charge >= 0.3 is 0 Å². The van der Waals surface area contributed by atoms with Crippen molar-refractivity contribution in [3.63, 3.8) is 0 Å². The minimum absolute atomic E-state index is 0.402. The van der Waals surface area contributed by atoms with Gasteiger partial charge in [-0.2, -0.15) is 0 Å². The zero-order valence-corrected chi connectivity index (χ0v) is 14.1. The Balaban J connectivity index is 1.98. The van der Waals surface area contributed by atoms with Crippen molar-refractivity contribution in [2.75, 3.05) is 20.1 Å². The summed E-state index contributed by atoms with van der Waals surface area (Å²) in [5.74, 6) is 0.606. The zero-order chi connectivity index (χ0) is 14.8. The van der Waals surface area contributed by atoms with Crippen molar-refractivity contribution in [3.8, 4) is 0 Å². The van der Waals surface area contributed by atoms with Gasteiger partial charge in [-0.1, -0.05) is 41.8 Å². The first-order valence-electron chi connectivity index (χ1n) is 8.06. The standard InChI is InChI=1S/C17H24Cl2N2/c1-20-11-12-5-2-3-10-21(13-8-9-13)17(12)14-6-4-7-15(18)16(14)19/h4,6-7,12-13,17,20H,2-3,5,8-11H2,1H3. The smallest absolute Gasteiger partial charge is 0.0640 e. The first kappa shape index (κ1) is 15.6. The molecule has 1 saturated carbocycles. The topological polar surface area (TPSA) is 15.3 Å². The van der Waals surface area contributed by atoms with Crippen LogP contribution >= 0.6 is 23.2 Å². The molecule has 1 aromatic rings. The van der Waals surface area contributed by atoms with Crippen molar-refractivity contribution in [1.82, 2.24) is 10.2 Å². The van der Waals surface area contributed by atoms with Gasteiger partial charge in [0.05, 0.1) is 10.0 Å². The molecule has 0 radical (unpaired) electrons. The summed E-state index contributed by atoms with van der Waals surface area (Å²) in [6, 6.07) is 7.25. The van der Waals surface area contributed by atoms with Crippen LogP contribution in [0.4, 0.5) is 0 Å². The van der Waals surface area contributed by atoms with E-state index in [-0.39, 0.29) is 0 Å². The van der Waals surface area contributed by atoms with E-state index in [2.05, 4.69) is 16.3 Å². The molecule has 1 saturated heterocycles. The van der Waals surface area contributed by atoms with Crippen LogP contribution in [0.25, 0.3) is 0 Å². The van der Waals surface area contributed by atoms with Gasteiger partial charge in [-0.3, -0.25) is 4.90 Å². The van der Waals surface area contributed by atoms with Gasteiger partial charge in [0.15, 0.2) is 0 Å². The number of nitrogens with zero attached hydrogens (tertiary/aromatic N) is 1. The third-order valence-electron chi connectivity index (χ3n) is 4.83. The van der Waals surface area contributed by atoms with Gasteiger partial charge in [-0.15, -0.1) is 0 Å². The van der Waals surface area contributed by atoms with E-state index in [1.807, 2.05) is 19.2 Å². The molecular weight excluding hydrogens is 303 g/mol. The van der Waals surface area contributed by atoms with Gasteiger partial charge in [-0.05, 0) is 63.4 Å². The molecule has 1 aliphatic heterocycles. The average molecular weight is 327 g/mol. The normalized spacial score (nSPS) is 27.6. The second kappa shape index (κ2) is 6.87. The first-order chi connectivity index (χ1) is 10.2. The van der Waals surface area contributed by atoms with Crippen LogP contribution in [0.2, 0.25) is 10.0 Å². The molecule has 1 heterocycles. The number of hydrogen-bond acceptors (Lipinski definition) is 2. The molecule has 116 valence electrons. The Hall–Kier alpha value is -0.280. The maximum atomic E-state index is 6.56. The molecule has 2 nitrogen and oxygen atoms in total. The average Bonchev–Trinajstić information content (AvgIpc) is 3.29. The van der Waals surface area contributed by atoms with Gasteiger partial charge in [0.2, 0.25) is 0 Å². The summed E-state index contributed by atoms with van der Waals surface area (Å²) >= 11 is 12.8. The summed E-state index contributed by atoms with van der Waals surface area (Å²) in [6.07, 6.45) is 6.54. The van der Waals surface area contributed by atoms with Crippen LogP contribution in [-0.2, 0) is 0 Å². The molecule has 1 aromatic carbocycles. The maximum absolute atomic E-state index is 6.56. The van der Waals surface area contributed by atoms with Crippen molar-refractivity contribution in [1.29, 1.82) is 0 Å². The molecule has 1 N–H and O–H groups in total. The van der Waals surface area contributed by atoms with E-state index < -0.39 is 0 Å². The molecule has 1 aliphatic carbocycles. The van der Waals surface area contributed by atoms with Gasteiger partial charge < -0.3 is 5.32 Å². The Morgan fingerprint density at radius 3 is 2.71 bits per heavy atom. The lowest BCUT2D eigenvalue weighted by molar-refractivity contribution is 0.145. The van der Waals surface area contributed by atoms with Gasteiger partial charge in [-0.25, -0.2) is 0 Å². The number of hydrogen-bond donors (Lipinski definition) is 1. The van der Waals surface area contributed by atoms with Crippen LogP contribution in [0.3, 0.4) is 0 Å². The fraction of sp³-hybridized carbons (Fsp3) is 0.647. The predicted molar refractivity (Wildman–Crippen MR) is 90.2 cm³/mol. The predicted octanol–water partition coefficient (Wildman–Crippen LogP) is 4.52. The minimum Gasteiger partial charge on any atom is -0.319 e. The highest BCUT2D eigenvalue weighted by Gasteiger charge is 2.39.